The van der Waals surface area contributed by atoms with E-state index in [0.29, 0.717) is 11.3 Å². The van der Waals surface area contributed by atoms with Crippen molar-refractivity contribution in [2.75, 3.05) is 20.2 Å². The van der Waals surface area contributed by atoms with Gasteiger partial charge in [0, 0.05) is 25.4 Å². The van der Waals surface area contributed by atoms with Crippen LogP contribution in [0.4, 0.5) is 0 Å². The van der Waals surface area contributed by atoms with Crippen LogP contribution in [0.1, 0.15) is 35.8 Å². The Hall–Kier alpha value is -1.86. The van der Waals surface area contributed by atoms with Gasteiger partial charge in [-0.25, -0.2) is 4.98 Å². The van der Waals surface area contributed by atoms with Gasteiger partial charge in [0.2, 0.25) is 0 Å². The minimum atomic E-state index is -0.180. The van der Waals surface area contributed by atoms with Crippen LogP contribution in [0.25, 0.3) is 0 Å². The van der Waals surface area contributed by atoms with Crippen molar-refractivity contribution in [3.8, 4) is 11.8 Å². The predicted molar refractivity (Wildman–Crippen MR) is 70.1 cm³/mol. The standard InChI is InChI=1S/C14H18N2O2/c1-3-4-9-16(2)14(18)13-8-7-12(11-15-13)6-5-10-17/h7-8,11,17H,3-4,9-10H2,1-2H3. The number of pyridine rings is 1. The fourth-order valence-corrected chi connectivity index (χ4v) is 1.43. The number of unbranched alkanes of at least 4 members (excludes halogenated alkanes) is 1. The molecular formula is C14H18N2O2. The van der Waals surface area contributed by atoms with E-state index in [1.807, 2.05) is 0 Å². The molecule has 0 aromatic carbocycles. The van der Waals surface area contributed by atoms with Gasteiger partial charge in [0.15, 0.2) is 0 Å². The highest BCUT2D eigenvalue weighted by Gasteiger charge is 2.11. The molecule has 1 aromatic rings. The summed E-state index contributed by atoms with van der Waals surface area (Å²) < 4.78 is 0. The molecule has 0 bridgehead atoms. The van der Waals surface area contributed by atoms with E-state index in [-0.39, 0.29) is 12.5 Å². The van der Waals surface area contributed by atoms with Crippen molar-refractivity contribution in [2.45, 2.75) is 19.8 Å². The van der Waals surface area contributed by atoms with E-state index in [1.54, 1.807) is 30.3 Å². The summed E-state index contributed by atoms with van der Waals surface area (Å²) in [7, 11) is 1.78. The first-order valence-corrected chi connectivity index (χ1v) is 6.00. The number of aliphatic hydroxyl groups is 1. The molecular weight excluding hydrogens is 228 g/mol. The Morgan fingerprint density at radius 2 is 2.28 bits per heavy atom. The Kier molecular flexibility index (Phi) is 5.89. The van der Waals surface area contributed by atoms with Gasteiger partial charge in [0.1, 0.15) is 12.3 Å². The van der Waals surface area contributed by atoms with Crippen LogP contribution in [0, 0.1) is 11.8 Å². The van der Waals surface area contributed by atoms with Crippen LogP contribution in [-0.2, 0) is 0 Å². The molecule has 1 heterocycles. The lowest BCUT2D eigenvalue weighted by Gasteiger charge is -2.15. The molecule has 1 rings (SSSR count). The van der Waals surface area contributed by atoms with Crippen molar-refractivity contribution in [3.05, 3.63) is 29.6 Å². The zero-order chi connectivity index (χ0) is 13.4. The van der Waals surface area contributed by atoms with E-state index in [2.05, 4.69) is 23.7 Å². The maximum atomic E-state index is 12.0. The summed E-state index contributed by atoms with van der Waals surface area (Å²) in [6, 6.07) is 3.39. The first-order valence-electron chi connectivity index (χ1n) is 6.00. The number of carbonyl (C=O) groups excluding carboxylic acids is 1. The number of amides is 1. The van der Waals surface area contributed by atoms with Crippen LogP contribution in [0.15, 0.2) is 18.3 Å². The second kappa shape index (κ2) is 7.46. The van der Waals surface area contributed by atoms with Gasteiger partial charge < -0.3 is 10.0 Å². The van der Waals surface area contributed by atoms with Gasteiger partial charge >= 0.3 is 0 Å². The number of nitrogens with zero attached hydrogens (tertiary/aromatic N) is 2. The van der Waals surface area contributed by atoms with Crippen LogP contribution in [0.3, 0.4) is 0 Å². The van der Waals surface area contributed by atoms with Crippen LogP contribution >= 0.6 is 0 Å². The van der Waals surface area contributed by atoms with Crippen LogP contribution < -0.4 is 0 Å². The molecule has 0 fully saturated rings. The summed E-state index contributed by atoms with van der Waals surface area (Å²) in [5.41, 5.74) is 1.11. The minimum Gasteiger partial charge on any atom is -0.384 e. The molecule has 0 saturated carbocycles. The molecule has 1 amide bonds. The highest BCUT2D eigenvalue weighted by atomic mass is 16.2. The van der Waals surface area contributed by atoms with Gasteiger partial charge in [-0.15, -0.1) is 0 Å². The second-order valence-electron chi connectivity index (χ2n) is 3.97. The smallest absolute Gasteiger partial charge is 0.272 e. The summed E-state index contributed by atoms with van der Waals surface area (Å²) >= 11 is 0. The highest BCUT2D eigenvalue weighted by molar-refractivity contribution is 5.92. The lowest BCUT2D eigenvalue weighted by molar-refractivity contribution is 0.0787. The third kappa shape index (κ3) is 4.19. The maximum Gasteiger partial charge on any atom is 0.272 e. The Bertz CT molecular complexity index is 443. The first-order chi connectivity index (χ1) is 8.69. The van der Waals surface area contributed by atoms with E-state index in [9.17, 15) is 4.79 Å². The molecule has 4 heteroatoms. The molecule has 1 N–H and O–H groups in total. The minimum absolute atomic E-state index is 0.0786. The lowest BCUT2D eigenvalue weighted by atomic mass is 10.2. The number of aliphatic hydroxyl groups excluding tert-OH is 1. The zero-order valence-corrected chi connectivity index (χ0v) is 10.8. The fourth-order valence-electron chi connectivity index (χ4n) is 1.43. The van der Waals surface area contributed by atoms with Gasteiger partial charge in [-0.2, -0.15) is 0 Å². The Morgan fingerprint density at radius 1 is 1.50 bits per heavy atom. The molecule has 4 nitrogen and oxygen atoms in total. The van der Waals surface area contributed by atoms with Crippen molar-refractivity contribution >= 4 is 5.91 Å². The second-order valence-corrected chi connectivity index (χ2v) is 3.97. The number of rotatable bonds is 4. The third-order valence-electron chi connectivity index (χ3n) is 2.49. The van der Waals surface area contributed by atoms with Crippen LogP contribution in [0.5, 0.6) is 0 Å². The Labute approximate surface area is 108 Å². The first kappa shape index (κ1) is 14.2. The summed E-state index contributed by atoms with van der Waals surface area (Å²) in [6.45, 7) is 2.65. The van der Waals surface area contributed by atoms with Gasteiger partial charge in [-0.3, -0.25) is 4.79 Å². The number of hydrogen-bond acceptors (Lipinski definition) is 3. The molecule has 0 unspecified atom stereocenters. The molecule has 18 heavy (non-hydrogen) atoms. The van der Waals surface area contributed by atoms with Gasteiger partial charge in [0.25, 0.3) is 5.91 Å². The highest BCUT2D eigenvalue weighted by Crippen LogP contribution is 2.03. The van der Waals surface area contributed by atoms with Crippen molar-refractivity contribution in [3.63, 3.8) is 0 Å². The van der Waals surface area contributed by atoms with Crippen molar-refractivity contribution in [1.29, 1.82) is 0 Å². The van der Waals surface area contributed by atoms with E-state index in [0.717, 1.165) is 19.4 Å². The quantitative estimate of drug-likeness (QED) is 0.815. The van der Waals surface area contributed by atoms with E-state index in [1.165, 1.54) is 0 Å². The molecule has 96 valence electrons. The molecule has 0 aliphatic carbocycles. The normalized spacial score (nSPS) is 9.50. The van der Waals surface area contributed by atoms with Crippen LogP contribution in [-0.4, -0.2) is 41.1 Å². The topological polar surface area (TPSA) is 53.4 Å². The average Bonchev–Trinajstić information content (AvgIpc) is 2.42. The molecule has 1 aromatic heterocycles. The summed E-state index contributed by atoms with van der Waals surface area (Å²) in [6.07, 6.45) is 3.59. The molecule has 0 aliphatic heterocycles. The summed E-state index contributed by atoms with van der Waals surface area (Å²) in [5, 5.41) is 8.57. The van der Waals surface area contributed by atoms with Gasteiger partial charge in [-0.1, -0.05) is 25.2 Å². The number of aromatic nitrogens is 1. The molecule has 0 aliphatic rings. The van der Waals surface area contributed by atoms with Crippen molar-refractivity contribution in [2.24, 2.45) is 0 Å². The molecule has 0 radical (unpaired) electrons. The van der Waals surface area contributed by atoms with Crippen LogP contribution in [0.2, 0.25) is 0 Å². The van der Waals surface area contributed by atoms with Crippen molar-refractivity contribution < 1.29 is 9.90 Å². The number of hydrogen-bond donors (Lipinski definition) is 1. The fraction of sp³-hybridized carbons (Fsp3) is 0.429. The third-order valence-corrected chi connectivity index (χ3v) is 2.49. The van der Waals surface area contributed by atoms with E-state index >= 15 is 0 Å². The van der Waals surface area contributed by atoms with E-state index in [4.69, 9.17) is 5.11 Å². The Morgan fingerprint density at radius 3 is 2.83 bits per heavy atom. The lowest BCUT2D eigenvalue weighted by Crippen LogP contribution is -2.28. The molecule has 0 saturated heterocycles. The molecule has 0 atom stereocenters. The number of carbonyl (C=O) groups is 1. The SMILES string of the molecule is CCCCN(C)C(=O)c1ccc(C#CCO)cn1. The maximum absolute atomic E-state index is 12.0. The zero-order valence-electron chi connectivity index (χ0n) is 10.8. The Balaban J connectivity index is 2.69. The van der Waals surface area contributed by atoms with Gasteiger partial charge in [-0.05, 0) is 18.6 Å². The van der Waals surface area contributed by atoms with E-state index < -0.39 is 0 Å². The van der Waals surface area contributed by atoms with Gasteiger partial charge in [0.05, 0.1) is 0 Å². The monoisotopic (exact) mass is 246 g/mol. The predicted octanol–water partition coefficient (Wildman–Crippen LogP) is 1.30. The largest absolute Gasteiger partial charge is 0.384 e. The molecule has 0 spiro atoms. The van der Waals surface area contributed by atoms with Crippen molar-refractivity contribution in [1.82, 2.24) is 9.88 Å². The summed E-state index contributed by atoms with van der Waals surface area (Å²) in [5.74, 6) is 5.19. The average molecular weight is 246 g/mol. The summed E-state index contributed by atoms with van der Waals surface area (Å²) in [4.78, 5) is 17.7.